The molecule has 0 unspecified atom stereocenters. The Bertz CT molecular complexity index is 1140. The summed E-state index contributed by atoms with van der Waals surface area (Å²) in [7, 11) is -1.30. The van der Waals surface area contributed by atoms with Gasteiger partial charge in [-0.3, -0.25) is 19.7 Å². The van der Waals surface area contributed by atoms with Crippen molar-refractivity contribution in [2.24, 2.45) is 0 Å². The Labute approximate surface area is 169 Å². The molecule has 0 bridgehead atoms. The molecular weight excluding hydrogens is 394 g/mol. The average molecular weight is 417 g/mol. The number of non-ortho nitro benzene ring substituents is 1. The number of aryl methyl sites for hydroxylation is 1. The van der Waals surface area contributed by atoms with Gasteiger partial charge < -0.3 is 4.42 Å². The number of fused-ring (bicyclic) bond motifs is 1. The van der Waals surface area contributed by atoms with Crippen LogP contribution in [0.25, 0.3) is 11.0 Å². The van der Waals surface area contributed by atoms with E-state index in [9.17, 15) is 18.5 Å². The molecule has 3 aromatic rings. The van der Waals surface area contributed by atoms with Crippen molar-refractivity contribution in [3.8, 4) is 0 Å². The standard InChI is InChI=1S/C20H23N3O5S/c1-14-18-12-17(23(24)25)8-9-19(18)28-20(14)13-22(2)11-10-15-4-6-16(7-5-15)21-29(3,26)27/h4-9,12,21H,10-11,13H2,1-3H3. The minimum absolute atomic E-state index is 0.0510. The third kappa shape index (κ3) is 5.33. The van der Waals surface area contributed by atoms with E-state index in [0.29, 0.717) is 17.8 Å². The molecule has 0 saturated heterocycles. The molecule has 0 aliphatic heterocycles. The van der Waals surface area contributed by atoms with Crippen LogP contribution < -0.4 is 4.72 Å². The van der Waals surface area contributed by atoms with Gasteiger partial charge in [0, 0.05) is 29.8 Å². The number of nitro benzene ring substituents is 1. The molecule has 1 heterocycles. The van der Waals surface area contributed by atoms with E-state index >= 15 is 0 Å². The summed E-state index contributed by atoms with van der Waals surface area (Å²) in [5.74, 6) is 0.788. The van der Waals surface area contributed by atoms with E-state index in [1.54, 1.807) is 24.3 Å². The van der Waals surface area contributed by atoms with Crippen LogP contribution in [0, 0.1) is 17.0 Å². The normalized spacial score (nSPS) is 11.9. The van der Waals surface area contributed by atoms with Gasteiger partial charge in [0.2, 0.25) is 10.0 Å². The number of hydrogen-bond acceptors (Lipinski definition) is 6. The predicted octanol–water partition coefficient (Wildman–Crippen LogP) is 3.70. The lowest BCUT2D eigenvalue weighted by Gasteiger charge is -2.15. The highest BCUT2D eigenvalue weighted by atomic mass is 32.2. The first-order valence-corrected chi connectivity index (χ1v) is 10.9. The first-order valence-electron chi connectivity index (χ1n) is 9.04. The van der Waals surface area contributed by atoms with Gasteiger partial charge in [-0.15, -0.1) is 0 Å². The lowest BCUT2D eigenvalue weighted by atomic mass is 10.1. The molecule has 0 aliphatic carbocycles. The topological polar surface area (TPSA) is 106 Å². The van der Waals surface area contributed by atoms with Crippen molar-refractivity contribution < 1.29 is 17.8 Å². The van der Waals surface area contributed by atoms with Gasteiger partial charge in [0.1, 0.15) is 11.3 Å². The van der Waals surface area contributed by atoms with E-state index in [0.717, 1.165) is 41.5 Å². The second-order valence-corrected chi connectivity index (χ2v) is 8.90. The fraction of sp³-hybridized carbons (Fsp3) is 0.300. The molecule has 154 valence electrons. The maximum Gasteiger partial charge on any atom is 0.270 e. The summed E-state index contributed by atoms with van der Waals surface area (Å²) in [5, 5.41) is 11.7. The van der Waals surface area contributed by atoms with E-state index in [2.05, 4.69) is 9.62 Å². The molecule has 29 heavy (non-hydrogen) atoms. The zero-order valence-electron chi connectivity index (χ0n) is 16.5. The van der Waals surface area contributed by atoms with Crippen molar-refractivity contribution in [3.63, 3.8) is 0 Å². The highest BCUT2D eigenvalue weighted by molar-refractivity contribution is 7.92. The second-order valence-electron chi connectivity index (χ2n) is 7.15. The molecule has 0 radical (unpaired) electrons. The van der Waals surface area contributed by atoms with Crippen LogP contribution in [0.2, 0.25) is 0 Å². The number of furan rings is 1. The second kappa shape index (κ2) is 8.22. The van der Waals surface area contributed by atoms with Crippen LogP contribution in [0.15, 0.2) is 46.9 Å². The molecule has 1 N–H and O–H groups in total. The van der Waals surface area contributed by atoms with E-state index in [1.165, 1.54) is 6.07 Å². The van der Waals surface area contributed by atoms with Gasteiger partial charge in [-0.25, -0.2) is 8.42 Å². The quantitative estimate of drug-likeness (QED) is 0.443. The van der Waals surface area contributed by atoms with Crippen molar-refractivity contribution in [2.75, 3.05) is 24.6 Å². The first-order chi connectivity index (χ1) is 13.6. The highest BCUT2D eigenvalue weighted by Crippen LogP contribution is 2.29. The predicted molar refractivity (Wildman–Crippen MR) is 113 cm³/mol. The number of likely N-dealkylation sites (N-methyl/N-ethyl adjacent to an activating group) is 1. The smallest absolute Gasteiger partial charge is 0.270 e. The van der Waals surface area contributed by atoms with Crippen LogP contribution in [0.4, 0.5) is 11.4 Å². The third-order valence-electron chi connectivity index (χ3n) is 4.68. The number of benzene rings is 2. The van der Waals surface area contributed by atoms with Crippen molar-refractivity contribution in [3.05, 3.63) is 69.5 Å². The molecular formula is C20H23N3O5S. The van der Waals surface area contributed by atoms with E-state index in [1.807, 2.05) is 26.1 Å². The zero-order chi connectivity index (χ0) is 21.2. The van der Waals surface area contributed by atoms with Crippen molar-refractivity contribution >= 4 is 32.4 Å². The molecule has 0 amide bonds. The summed E-state index contributed by atoms with van der Waals surface area (Å²) >= 11 is 0. The number of sulfonamides is 1. The fourth-order valence-electron chi connectivity index (χ4n) is 3.12. The van der Waals surface area contributed by atoms with E-state index in [4.69, 9.17) is 4.42 Å². The van der Waals surface area contributed by atoms with E-state index in [-0.39, 0.29) is 5.69 Å². The van der Waals surface area contributed by atoms with Crippen LogP contribution in [-0.4, -0.2) is 38.1 Å². The minimum atomic E-state index is -3.28. The zero-order valence-corrected chi connectivity index (χ0v) is 17.3. The van der Waals surface area contributed by atoms with Crippen LogP contribution in [0.5, 0.6) is 0 Å². The Hall–Kier alpha value is -2.91. The van der Waals surface area contributed by atoms with Crippen LogP contribution in [0.3, 0.4) is 0 Å². The number of nitrogens with zero attached hydrogens (tertiary/aromatic N) is 2. The summed E-state index contributed by atoms with van der Waals surface area (Å²) in [6.45, 7) is 3.27. The number of nitrogens with one attached hydrogen (secondary N) is 1. The van der Waals surface area contributed by atoms with Crippen molar-refractivity contribution in [2.45, 2.75) is 19.9 Å². The Kier molecular flexibility index (Phi) is 5.90. The molecule has 8 nitrogen and oxygen atoms in total. The highest BCUT2D eigenvalue weighted by Gasteiger charge is 2.16. The summed E-state index contributed by atoms with van der Waals surface area (Å²) in [4.78, 5) is 12.7. The van der Waals surface area contributed by atoms with Crippen LogP contribution in [-0.2, 0) is 23.0 Å². The first kappa shape index (κ1) is 20.8. The van der Waals surface area contributed by atoms with Crippen LogP contribution in [0.1, 0.15) is 16.9 Å². The summed E-state index contributed by atoms with van der Waals surface area (Å²) in [5.41, 5.74) is 3.23. The summed E-state index contributed by atoms with van der Waals surface area (Å²) in [6.07, 6.45) is 1.91. The Morgan fingerprint density at radius 3 is 2.48 bits per heavy atom. The molecule has 0 atom stereocenters. The molecule has 9 heteroatoms. The molecule has 0 spiro atoms. The summed E-state index contributed by atoms with van der Waals surface area (Å²) in [6, 6.07) is 11.9. The molecule has 3 rings (SSSR count). The Morgan fingerprint density at radius 1 is 1.17 bits per heavy atom. The SMILES string of the molecule is Cc1c(CN(C)CCc2ccc(NS(C)(=O)=O)cc2)oc2ccc([N+](=O)[O-])cc12. The van der Waals surface area contributed by atoms with Gasteiger partial charge in [0.15, 0.2) is 0 Å². The Morgan fingerprint density at radius 2 is 1.86 bits per heavy atom. The maximum absolute atomic E-state index is 11.3. The molecule has 0 aliphatic rings. The minimum Gasteiger partial charge on any atom is -0.459 e. The number of hydrogen-bond donors (Lipinski definition) is 1. The van der Waals surface area contributed by atoms with E-state index < -0.39 is 14.9 Å². The Balaban J connectivity index is 1.63. The lowest BCUT2D eigenvalue weighted by Crippen LogP contribution is -2.20. The van der Waals surface area contributed by atoms with Gasteiger partial charge in [-0.2, -0.15) is 0 Å². The van der Waals surface area contributed by atoms with Crippen molar-refractivity contribution in [1.82, 2.24) is 4.90 Å². The molecule has 0 fully saturated rings. The average Bonchev–Trinajstić information content (AvgIpc) is 2.95. The van der Waals surface area contributed by atoms with Gasteiger partial charge >= 0.3 is 0 Å². The van der Waals surface area contributed by atoms with Gasteiger partial charge in [0.25, 0.3) is 5.69 Å². The maximum atomic E-state index is 11.3. The number of rotatable bonds is 8. The largest absolute Gasteiger partial charge is 0.459 e. The monoisotopic (exact) mass is 417 g/mol. The third-order valence-corrected chi connectivity index (χ3v) is 5.29. The number of anilines is 1. The summed E-state index contributed by atoms with van der Waals surface area (Å²) < 4.78 is 30.8. The molecule has 1 aromatic heterocycles. The van der Waals surface area contributed by atoms with Gasteiger partial charge in [-0.1, -0.05) is 12.1 Å². The molecule has 2 aromatic carbocycles. The molecule has 0 saturated carbocycles. The van der Waals surface area contributed by atoms with Gasteiger partial charge in [0.05, 0.1) is 17.7 Å². The fourth-order valence-corrected chi connectivity index (χ4v) is 3.69. The van der Waals surface area contributed by atoms with Gasteiger partial charge in [-0.05, 0) is 49.7 Å². The van der Waals surface area contributed by atoms with Crippen molar-refractivity contribution in [1.29, 1.82) is 0 Å². The lowest BCUT2D eigenvalue weighted by molar-refractivity contribution is -0.384. The number of nitro groups is 1. The van der Waals surface area contributed by atoms with Crippen LogP contribution >= 0.6 is 0 Å².